The van der Waals surface area contributed by atoms with Crippen molar-refractivity contribution in [3.8, 4) is 0 Å². The number of hydrogen-bond acceptors (Lipinski definition) is 7. The van der Waals surface area contributed by atoms with Gasteiger partial charge in [0.2, 0.25) is 0 Å². The summed E-state index contributed by atoms with van der Waals surface area (Å²) in [6.45, 7) is 4.69. The molecule has 3 heterocycles. The number of guanidine groups is 1. The lowest BCUT2D eigenvalue weighted by Gasteiger charge is -2.39. The molecule has 3 aliphatic heterocycles. The molecule has 2 saturated heterocycles. The molecule has 3 rings (SSSR count). The van der Waals surface area contributed by atoms with Crippen LogP contribution < -0.4 is 5.32 Å². The average Bonchev–Trinajstić information content (AvgIpc) is 2.91. The van der Waals surface area contributed by atoms with Crippen molar-refractivity contribution < 1.29 is 14.3 Å². The van der Waals surface area contributed by atoms with E-state index in [1.165, 1.54) is 4.90 Å². The molecule has 0 bridgehead atoms. The molecule has 0 radical (unpaired) electrons. The average molecular weight is 324 g/mol. The van der Waals surface area contributed by atoms with Gasteiger partial charge in [0.05, 0.1) is 6.61 Å². The Hall–Kier alpha value is -1.87. The Morgan fingerprint density at radius 3 is 2.57 bits per heavy atom. The van der Waals surface area contributed by atoms with Crippen LogP contribution in [-0.4, -0.2) is 110 Å². The molecule has 0 spiro atoms. The van der Waals surface area contributed by atoms with Crippen LogP contribution in [0.25, 0.3) is 0 Å². The van der Waals surface area contributed by atoms with Crippen molar-refractivity contribution in [1.82, 2.24) is 24.9 Å². The van der Waals surface area contributed by atoms with E-state index in [2.05, 4.69) is 22.2 Å². The minimum Gasteiger partial charge on any atom is -0.383 e. The van der Waals surface area contributed by atoms with Crippen LogP contribution in [0.1, 0.15) is 0 Å². The maximum Gasteiger partial charge on any atom is 0.325 e. The van der Waals surface area contributed by atoms with E-state index in [9.17, 15) is 9.59 Å². The zero-order valence-electron chi connectivity index (χ0n) is 13.9. The molecule has 0 aromatic rings. The monoisotopic (exact) mass is 324 g/mol. The molecule has 2 atom stereocenters. The quantitative estimate of drug-likeness (QED) is 0.675. The summed E-state index contributed by atoms with van der Waals surface area (Å²) < 4.78 is 5.18. The lowest BCUT2D eigenvalue weighted by Crippen LogP contribution is -2.64. The van der Waals surface area contributed by atoms with E-state index in [1.54, 1.807) is 14.2 Å². The summed E-state index contributed by atoms with van der Waals surface area (Å²) in [5.74, 6) is 0.504. The smallest absolute Gasteiger partial charge is 0.325 e. The molecule has 23 heavy (non-hydrogen) atoms. The fourth-order valence-corrected chi connectivity index (χ4v) is 3.21. The molecule has 9 heteroatoms. The second kappa shape index (κ2) is 6.32. The van der Waals surface area contributed by atoms with Crippen molar-refractivity contribution in [1.29, 1.82) is 0 Å². The number of ether oxygens (including phenoxy) is 1. The number of imide groups is 1. The predicted molar refractivity (Wildman–Crippen MR) is 84.0 cm³/mol. The van der Waals surface area contributed by atoms with Crippen LogP contribution in [0, 0.1) is 0 Å². The second-order valence-corrected chi connectivity index (χ2v) is 6.17. The Balaban J connectivity index is 1.85. The Morgan fingerprint density at radius 2 is 1.91 bits per heavy atom. The minimum absolute atomic E-state index is 0.290. The van der Waals surface area contributed by atoms with E-state index in [1.807, 2.05) is 4.90 Å². The SMILES string of the molecule is COCCN1C(N2CCN(C)CC2)=NC2C1C(=O)NC(=O)N2C. The third kappa shape index (κ3) is 2.86. The number of methoxy groups -OCH3 is 1. The zero-order chi connectivity index (χ0) is 16.6. The summed E-state index contributed by atoms with van der Waals surface area (Å²) in [6, 6.07) is -0.881. The molecule has 0 aromatic carbocycles. The van der Waals surface area contributed by atoms with Gasteiger partial charge in [-0.15, -0.1) is 0 Å². The molecular formula is C14H24N6O3. The van der Waals surface area contributed by atoms with Crippen LogP contribution in [-0.2, 0) is 9.53 Å². The van der Waals surface area contributed by atoms with Gasteiger partial charge in [-0.05, 0) is 7.05 Å². The maximum atomic E-state index is 12.3. The number of nitrogens with zero attached hydrogens (tertiary/aromatic N) is 5. The van der Waals surface area contributed by atoms with Gasteiger partial charge in [-0.25, -0.2) is 9.79 Å². The minimum atomic E-state index is -0.484. The van der Waals surface area contributed by atoms with Crippen LogP contribution in [0.3, 0.4) is 0 Å². The topological polar surface area (TPSA) is 80.7 Å². The standard InChI is InChI=1S/C14H24N6O3/c1-17-4-6-19(7-5-17)13-15-11-10(20(13)8-9-23-3)12(21)16-14(22)18(11)2/h10-11H,4-9H2,1-3H3,(H,16,21,22). The van der Waals surface area contributed by atoms with E-state index in [0.717, 1.165) is 32.1 Å². The molecule has 2 fully saturated rings. The number of likely N-dealkylation sites (N-methyl/N-ethyl adjacent to an activating group) is 2. The lowest BCUT2D eigenvalue weighted by atomic mass is 10.1. The Morgan fingerprint density at radius 1 is 1.22 bits per heavy atom. The van der Waals surface area contributed by atoms with E-state index in [-0.39, 0.29) is 5.91 Å². The van der Waals surface area contributed by atoms with Crippen LogP contribution >= 0.6 is 0 Å². The van der Waals surface area contributed by atoms with Crippen molar-refractivity contribution >= 4 is 17.9 Å². The number of urea groups is 1. The first-order valence-electron chi connectivity index (χ1n) is 7.87. The van der Waals surface area contributed by atoms with Crippen molar-refractivity contribution in [3.05, 3.63) is 0 Å². The van der Waals surface area contributed by atoms with Crippen LogP contribution in [0.15, 0.2) is 4.99 Å². The highest BCUT2D eigenvalue weighted by Crippen LogP contribution is 2.25. The summed E-state index contributed by atoms with van der Waals surface area (Å²) in [7, 11) is 5.40. The first-order valence-corrected chi connectivity index (χ1v) is 7.87. The van der Waals surface area contributed by atoms with E-state index < -0.39 is 18.2 Å². The Bertz CT molecular complexity index is 517. The predicted octanol–water partition coefficient (Wildman–Crippen LogP) is -1.57. The number of rotatable bonds is 3. The summed E-state index contributed by atoms with van der Waals surface area (Å²) in [4.78, 5) is 36.8. The van der Waals surface area contributed by atoms with Gasteiger partial charge in [0, 0.05) is 46.9 Å². The molecule has 0 aliphatic carbocycles. The Kier molecular flexibility index (Phi) is 4.40. The van der Waals surface area contributed by atoms with Gasteiger partial charge in [0.15, 0.2) is 18.2 Å². The molecule has 0 aromatic heterocycles. The Labute approximate surface area is 135 Å². The molecule has 2 unspecified atom stereocenters. The number of amides is 3. The van der Waals surface area contributed by atoms with Gasteiger partial charge >= 0.3 is 6.03 Å². The van der Waals surface area contributed by atoms with Crippen molar-refractivity contribution in [2.45, 2.75) is 12.2 Å². The highest BCUT2D eigenvalue weighted by molar-refractivity contribution is 6.03. The number of nitrogens with one attached hydrogen (secondary N) is 1. The summed E-state index contributed by atoms with van der Waals surface area (Å²) in [6.07, 6.45) is -0.470. The first-order chi connectivity index (χ1) is 11.0. The molecule has 128 valence electrons. The highest BCUT2D eigenvalue weighted by Gasteiger charge is 2.49. The fourth-order valence-electron chi connectivity index (χ4n) is 3.21. The van der Waals surface area contributed by atoms with Gasteiger partial charge in [-0.1, -0.05) is 0 Å². The van der Waals surface area contributed by atoms with Crippen LogP contribution in [0.4, 0.5) is 4.79 Å². The van der Waals surface area contributed by atoms with Crippen molar-refractivity contribution in [3.63, 3.8) is 0 Å². The molecule has 1 N–H and O–H groups in total. The number of piperazine rings is 1. The molecular weight excluding hydrogens is 300 g/mol. The summed E-state index contributed by atoms with van der Waals surface area (Å²) >= 11 is 0. The van der Waals surface area contributed by atoms with Gasteiger partial charge in [-0.2, -0.15) is 0 Å². The number of hydrogen-bond donors (Lipinski definition) is 1. The van der Waals surface area contributed by atoms with Gasteiger partial charge in [0.25, 0.3) is 5.91 Å². The van der Waals surface area contributed by atoms with Crippen LogP contribution in [0.2, 0.25) is 0 Å². The fraction of sp³-hybridized carbons (Fsp3) is 0.786. The van der Waals surface area contributed by atoms with E-state index in [0.29, 0.717) is 13.2 Å². The summed E-state index contributed by atoms with van der Waals surface area (Å²) in [5.41, 5.74) is 0. The van der Waals surface area contributed by atoms with Crippen molar-refractivity contribution in [2.24, 2.45) is 4.99 Å². The van der Waals surface area contributed by atoms with E-state index >= 15 is 0 Å². The zero-order valence-corrected chi connectivity index (χ0v) is 13.9. The number of aliphatic imine (C=N–C) groups is 1. The third-order valence-corrected chi connectivity index (χ3v) is 4.66. The number of fused-ring (bicyclic) bond motifs is 1. The normalized spacial score (nSPS) is 28.8. The largest absolute Gasteiger partial charge is 0.383 e. The molecule has 3 aliphatic rings. The van der Waals surface area contributed by atoms with Crippen molar-refractivity contribution in [2.75, 3.05) is 60.5 Å². The number of carbonyl (C=O) groups is 2. The van der Waals surface area contributed by atoms with Gasteiger partial charge in [-0.3, -0.25) is 10.1 Å². The third-order valence-electron chi connectivity index (χ3n) is 4.66. The molecule has 9 nitrogen and oxygen atoms in total. The van der Waals surface area contributed by atoms with Gasteiger partial charge < -0.3 is 24.3 Å². The lowest BCUT2D eigenvalue weighted by molar-refractivity contribution is -0.127. The molecule has 3 amide bonds. The van der Waals surface area contributed by atoms with E-state index in [4.69, 9.17) is 9.73 Å². The highest BCUT2D eigenvalue weighted by atomic mass is 16.5. The molecule has 0 saturated carbocycles. The number of carbonyl (C=O) groups excluding carboxylic acids is 2. The first kappa shape index (κ1) is 16.0. The van der Waals surface area contributed by atoms with Gasteiger partial charge in [0.1, 0.15) is 0 Å². The second-order valence-electron chi connectivity index (χ2n) is 6.17. The summed E-state index contributed by atoms with van der Waals surface area (Å²) in [5, 5.41) is 2.40. The van der Waals surface area contributed by atoms with Crippen LogP contribution in [0.5, 0.6) is 0 Å². The maximum absolute atomic E-state index is 12.3.